The van der Waals surface area contributed by atoms with Gasteiger partial charge in [-0.3, -0.25) is 14.3 Å². The summed E-state index contributed by atoms with van der Waals surface area (Å²) in [5.41, 5.74) is 7.70. The number of aromatic nitrogens is 2. The Morgan fingerprint density at radius 1 is 1.30 bits per heavy atom. The van der Waals surface area contributed by atoms with Crippen LogP contribution in [0.5, 0.6) is 0 Å². The zero-order valence-corrected chi connectivity index (χ0v) is 11.3. The molecule has 1 atom stereocenters. The SMILES string of the molecule is CC(=O)c1ccc(NC(=O)C(N)c2cnn(C)c2)cc1. The highest BCUT2D eigenvalue weighted by molar-refractivity contribution is 5.97. The summed E-state index contributed by atoms with van der Waals surface area (Å²) in [7, 11) is 1.76. The van der Waals surface area contributed by atoms with Crippen molar-refractivity contribution in [3.8, 4) is 0 Å². The third kappa shape index (κ3) is 3.10. The number of amides is 1. The Bertz CT molecular complexity index is 631. The van der Waals surface area contributed by atoms with Gasteiger partial charge in [-0.05, 0) is 31.2 Å². The summed E-state index contributed by atoms with van der Waals surface area (Å²) in [5, 5.41) is 6.68. The Balaban J connectivity index is 2.05. The van der Waals surface area contributed by atoms with Crippen molar-refractivity contribution in [2.24, 2.45) is 12.8 Å². The number of aryl methyl sites for hydroxylation is 1. The molecule has 2 aromatic rings. The second kappa shape index (κ2) is 5.66. The molecule has 6 heteroatoms. The smallest absolute Gasteiger partial charge is 0.246 e. The van der Waals surface area contributed by atoms with Crippen LogP contribution in [0.1, 0.15) is 28.9 Å². The normalized spacial score (nSPS) is 11.9. The number of carbonyl (C=O) groups excluding carboxylic acids is 2. The molecule has 0 aliphatic rings. The largest absolute Gasteiger partial charge is 0.324 e. The van der Waals surface area contributed by atoms with E-state index in [0.29, 0.717) is 16.8 Å². The number of nitrogens with one attached hydrogen (secondary N) is 1. The van der Waals surface area contributed by atoms with E-state index in [2.05, 4.69) is 10.4 Å². The van der Waals surface area contributed by atoms with Crippen molar-refractivity contribution in [1.82, 2.24) is 9.78 Å². The molecule has 0 fully saturated rings. The van der Waals surface area contributed by atoms with Gasteiger partial charge in [0.2, 0.25) is 5.91 Å². The summed E-state index contributed by atoms with van der Waals surface area (Å²) < 4.78 is 1.59. The van der Waals surface area contributed by atoms with Crippen LogP contribution in [0.4, 0.5) is 5.69 Å². The third-order valence-corrected chi connectivity index (χ3v) is 2.93. The molecule has 3 N–H and O–H groups in total. The summed E-state index contributed by atoms with van der Waals surface area (Å²) in [6.45, 7) is 1.49. The first kappa shape index (κ1) is 14.0. The molecule has 2 rings (SSSR count). The minimum absolute atomic E-state index is 0.0186. The van der Waals surface area contributed by atoms with E-state index >= 15 is 0 Å². The highest BCUT2D eigenvalue weighted by Crippen LogP contribution is 2.14. The Hall–Kier alpha value is -2.47. The predicted octanol–water partition coefficient (Wildman–Crippen LogP) is 1.26. The van der Waals surface area contributed by atoms with Crippen LogP contribution in [0.2, 0.25) is 0 Å². The molecule has 0 saturated heterocycles. The average Bonchev–Trinajstić information content (AvgIpc) is 2.85. The van der Waals surface area contributed by atoms with Crippen molar-refractivity contribution in [3.05, 3.63) is 47.8 Å². The maximum absolute atomic E-state index is 12.0. The zero-order valence-electron chi connectivity index (χ0n) is 11.3. The number of hydrogen-bond donors (Lipinski definition) is 2. The van der Waals surface area contributed by atoms with Crippen molar-refractivity contribution >= 4 is 17.4 Å². The number of hydrogen-bond acceptors (Lipinski definition) is 4. The fourth-order valence-electron chi connectivity index (χ4n) is 1.76. The van der Waals surface area contributed by atoms with E-state index in [4.69, 9.17) is 5.73 Å². The fraction of sp³-hybridized carbons (Fsp3) is 0.214. The molecule has 1 aromatic heterocycles. The van der Waals surface area contributed by atoms with E-state index in [1.807, 2.05) is 0 Å². The number of Topliss-reactive ketones (excluding diaryl/α,β-unsaturated/α-hetero) is 1. The van der Waals surface area contributed by atoms with Gasteiger partial charge in [0.15, 0.2) is 5.78 Å². The second-order valence-electron chi connectivity index (χ2n) is 4.55. The van der Waals surface area contributed by atoms with Gasteiger partial charge in [-0.25, -0.2) is 0 Å². The molecule has 0 bridgehead atoms. The standard InChI is InChI=1S/C14H16N4O2/c1-9(19)10-3-5-12(6-4-10)17-14(20)13(15)11-7-16-18(2)8-11/h3-8,13H,15H2,1-2H3,(H,17,20). The van der Waals surface area contributed by atoms with Gasteiger partial charge in [0.1, 0.15) is 6.04 Å². The molecule has 1 unspecified atom stereocenters. The van der Waals surface area contributed by atoms with E-state index in [1.165, 1.54) is 6.92 Å². The second-order valence-corrected chi connectivity index (χ2v) is 4.55. The van der Waals surface area contributed by atoms with Gasteiger partial charge in [-0.1, -0.05) is 0 Å². The lowest BCUT2D eigenvalue weighted by Crippen LogP contribution is -2.27. The van der Waals surface area contributed by atoms with E-state index in [1.54, 1.807) is 48.4 Å². The van der Waals surface area contributed by atoms with Crippen LogP contribution in [-0.4, -0.2) is 21.5 Å². The Kier molecular flexibility index (Phi) is 3.95. The Morgan fingerprint density at radius 2 is 1.95 bits per heavy atom. The number of anilines is 1. The quantitative estimate of drug-likeness (QED) is 0.820. The van der Waals surface area contributed by atoms with Crippen molar-refractivity contribution in [2.45, 2.75) is 13.0 Å². The molecule has 0 radical (unpaired) electrons. The monoisotopic (exact) mass is 272 g/mol. The molecule has 20 heavy (non-hydrogen) atoms. The van der Waals surface area contributed by atoms with Gasteiger partial charge in [0.25, 0.3) is 0 Å². The molecule has 0 aliphatic heterocycles. The molecule has 1 amide bonds. The highest BCUT2D eigenvalue weighted by atomic mass is 16.2. The number of benzene rings is 1. The van der Waals surface area contributed by atoms with Crippen LogP contribution in [0.25, 0.3) is 0 Å². The lowest BCUT2D eigenvalue weighted by molar-refractivity contribution is -0.117. The van der Waals surface area contributed by atoms with Crippen LogP contribution in [0.15, 0.2) is 36.7 Å². The van der Waals surface area contributed by atoms with Gasteiger partial charge >= 0.3 is 0 Å². The number of ketones is 1. The molecular weight excluding hydrogens is 256 g/mol. The first-order chi connectivity index (χ1) is 9.47. The minimum Gasteiger partial charge on any atom is -0.324 e. The zero-order chi connectivity index (χ0) is 14.7. The maximum atomic E-state index is 12.0. The first-order valence-corrected chi connectivity index (χ1v) is 6.13. The average molecular weight is 272 g/mol. The summed E-state index contributed by atoms with van der Waals surface area (Å²) in [6.07, 6.45) is 3.26. The van der Waals surface area contributed by atoms with Gasteiger partial charge in [-0.15, -0.1) is 0 Å². The highest BCUT2D eigenvalue weighted by Gasteiger charge is 2.17. The van der Waals surface area contributed by atoms with Crippen molar-refractivity contribution in [1.29, 1.82) is 0 Å². The Morgan fingerprint density at radius 3 is 2.45 bits per heavy atom. The molecule has 6 nitrogen and oxygen atoms in total. The number of rotatable bonds is 4. The van der Waals surface area contributed by atoms with Gasteiger partial charge in [0.05, 0.1) is 6.20 Å². The summed E-state index contributed by atoms with van der Waals surface area (Å²) in [5.74, 6) is -0.344. The van der Waals surface area contributed by atoms with Crippen LogP contribution < -0.4 is 11.1 Å². The molecule has 0 spiro atoms. The van der Waals surface area contributed by atoms with Crippen LogP contribution in [0, 0.1) is 0 Å². The van der Waals surface area contributed by atoms with Crippen molar-refractivity contribution < 1.29 is 9.59 Å². The molecule has 104 valence electrons. The molecule has 0 saturated carbocycles. The van der Waals surface area contributed by atoms with Crippen molar-refractivity contribution in [3.63, 3.8) is 0 Å². The van der Waals surface area contributed by atoms with Crippen molar-refractivity contribution in [2.75, 3.05) is 5.32 Å². The summed E-state index contributed by atoms with van der Waals surface area (Å²) >= 11 is 0. The van der Waals surface area contributed by atoms with E-state index in [9.17, 15) is 9.59 Å². The number of nitrogens with two attached hydrogens (primary N) is 1. The van der Waals surface area contributed by atoms with Gasteiger partial charge in [-0.2, -0.15) is 5.10 Å². The van der Waals surface area contributed by atoms with E-state index in [0.717, 1.165) is 0 Å². The van der Waals surface area contributed by atoms with Crippen LogP contribution >= 0.6 is 0 Å². The molecule has 1 aromatic carbocycles. The van der Waals surface area contributed by atoms with Crippen LogP contribution in [0.3, 0.4) is 0 Å². The van der Waals surface area contributed by atoms with E-state index < -0.39 is 6.04 Å². The molecular formula is C14H16N4O2. The summed E-state index contributed by atoms with van der Waals surface area (Å²) in [6, 6.07) is 5.88. The molecule has 0 aliphatic carbocycles. The van der Waals surface area contributed by atoms with Crippen LogP contribution in [-0.2, 0) is 11.8 Å². The lowest BCUT2D eigenvalue weighted by Gasteiger charge is -2.10. The topological polar surface area (TPSA) is 90.0 Å². The van der Waals surface area contributed by atoms with E-state index in [-0.39, 0.29) is 11.7 Å². The number of nitrogens with zero attached hydrogens (tertiary/aromatic N) is 2. The maximum Gasteiger partial charge on any atom is 0.246 e. The lowest BCUT2D eigenvalue weighted by atomic mass is 10.1. The van der Waals surface area contributed by atoms with Gasteiger partial charge < -0.3 is 11.1 Å². The third-order valence-electron chi connectivity index (χ3n) is 2.93. The number of carbonyl (C=O) groups is 2. The summed E-state index contributed by atoms with van der Waals surface area (Å²) in [4.78, 5) is 23.2. The minimum atomic E-state index is -0.781. The van der Waals surface area contributed by atoms with Gasteiger partial charge in [0, 0.05) is 30.1 Å². The Labute approximate surface area is 116 Å². The predicted molar refractivity (Wildman–Crippen MR) is 75.2 cm³/mol. The fourth-order valence-corrected chi connectivity index (χ4v) is 1.76. The first-order valence-electron chi connectivity index (χ1n) is 6.13. The molecule has 1 heterocycles.